The lowest BCUT2D eigenvalue weighted by Crippen LogP contribution is -2.20. The first-order valence-corrected chi connectivity index (χ1v) is 6.10. The Balaban J connectivity index is 4.08. The fraction of sp³-hybridized carbons (Fsp3) is 0.778. The van der Waals surface area contributed by atoms with Crippen LogP contribution in [0.15, 0.2) is 0 Å². The van der Waals surface area contributed by atoms with Gasteiger partial charge in [0.05, 0.1) is 0 Å². The number of alkyl halides is 3. The van der Waals surface area contributed by atoms with Crippen molar-refractivity contribution in [1.29, 1.82) is 0 Å². The van der Waals surface area contributed by atoms with Gasteiger partial charge in [-0.1, -0.05) is 32.1 Å². The lowest BCUT2D eigenvalue weighted by molar-refractivity contribution is -0.0420. The molecule has 0 radical (unpaired) electrons. The Hall–Kier alpha value is -0.700. The lowest BCUT2D eigenvalue weighted by Gasteiger charge is -1.99. The van der Waals surface area contributed by atoms with Crippen LogP contribution >= 0.6 is 0 Å². The first-order valence-electron chi connectivity index (χ1n) is 4.62. The summed E-state index contributed by atoms with van der Waals surface area (Å²) in [5, 5.41) is 1.27. The molecule has 0 amide bonds. The zero-order chi connectivity index (χ0) is 11.9. The number of rotatable bonds is 4. The van der Waals surface area contributed by atoms with Crippen molar-refractivity contribution >= 4 is 9.84 Å². The van der Waals surface area contributed by atoms with Gasteiger partial charge in [-0.3, -0.25) is 0 Å². The molecule has 0 rings (SSSR count). The molecular weight excluding hydrogens is 229 g/mol. The standard InChI is InChI=1S/C9H13F3O2S/c1-2-3-4-5-6-7-8-15(13,14)9(10,11)12/h2-6H2,1H3. The number of unbranched alkanes of at least 4 members (excludes halogenated alkanes) is 4. The van der Waals surface area contributed by atoms with Gasteiger partial charge in [-0.15, -0.1) is 0 Å². The van der Waals surface area contributed by atoms with Gasteiger partial charge in [-0.25, -0.2) is 8.42 Å². The van der Waals surface area contributed by atoms with Crippen LogP contribution in [0.1, 0.15) is 39.0 Å². The maximum absolute atomic E-state index is 11.8. The van der Waals surface area contributed by atoms with Crippen molar-refractivity contribution in [1.82, 2.24) is 0 Å². The van der Waals surface area contributed by atoms with Crippen LogP contribution in [0.25, 0.3) is 0 Å². The monoisotopic (exact) mass is 242 g/mol. The highest BCUT2D eigenvalue weighted by molar-refractivity contribution is 7.96. The van der Waals surface area contributed by atoms with E-state index in [-0.39, 0.29) is 6.42 Å². The van der Waals surface area contributed by atoms with Gasteiger partial charge in [-0.2, -0.15) is 13.2 Å². The number of hydrogen-bond acceptors (Lipinski definition) is 2. The van der Waals surface area contributed by atoms with Crippen LogP contribution in [-0.2, 0) is 9.84 Å². The van der Waals surface area contributed by atoms with E-state index in [1.807, 2.05) is 12.8 Å². The largest absolute Gasteiger partial charge is 0.509 e. The van der Waals surface area contributed by atoms with Gasteiger partial charge in [0.25, 0.3) is 0 Å². The maximum Gasteiger partial charge on any atom is 0.509 e. The third-order valence-corrected chi connectivity index (χ3v) is 2.69. The zero-order valence-corrected chi connectivity index (χ0v) is 9.21. The quantitative estimate of drug-likeness (QED) is 0.431. The third-order valence-electron chi connectivity index (χ3n) is 1.67. The Morgan fingerprint density at radius 3 is 2.20 bits per heavy atom. The molecule has 0 aromatic rings. The van der Waals surface area contributed by atoms with E-state index < -0.39 is 15.3 Å². The summed E-state index contributed by atoms with van der Waals surface area (Å²) in [6, 6.07) is 0. The molecule has 0 atom stereocenters. The summed E-state index contributed by atoms with van der Waals surface area (Å²) in [6.07, 6.45) is 3.67. The smallest absolute Gasteiger partial charge is 0.206 e. The van der Waals surface area contributed by atoms with E-state index in [9.17, 15) is 21.6 Å². The van der Waals surface area contributed by atoms with Gasteiger partial charge in [-0.05, 0) is 6.42 Å². The predicted molar refractivity (Wildman–Crippen MR) is 51.5 cm³/mol. The average molecular weight is 242 g/mol. The second kappa shape index (κ2) is 6.01. The molecule has 6 heteroatoms. The molecule has 0 spiro atoms. The van der Waals surface area contributed by atoms with E-state index >= 15 is 0 Å². The van der Waals surface area contributed by atoms with Gasteiger partial charge in [0.2, 0.25) is 0 Å². The Bertz CT molecular complexity index is 333. The average Bonchev–Trinajstić information content (AvgIpc) is 2.09. The number of hydrogen-bond donors (Lipinski definition) is 0. The minimum Gasteiger partial charge on any atom is -0.206 e. The molecule has 0 aromatic carbocycles. The van der Waals surface area contributed by atoms with Crippen LogP contribution in [0.3, 0.4) is 0 Å². The van der Waals surface area contributed by atoms with Gasteiger partial charge in [0.15, 0.2) is 0 Å². The molecule has 0 unspecified atom stereocenters. The van der Waals surface area contributed by atoms with Crippen molar-refractivity contribution in [3.8, 4) is 11.2 Å². The molecule has 88 valence electrons. The third kappa shape index (κ3) is 5.67. The molecule has 0 saturated heterocycles. The highest BCUT2D eigenvalue weighted by Crippen LogP contribution is 2.22. The second-order valence-electron chi connectivity index (χ2n) is 3.04. The topological polar surface area (TPSA) is 34.1 Å². The Morgan fingerprint density at radius 1 is 1.13 bits per heavy atom. The predicted octanol–water partition coefficient (Wildman–Crippen LogP) is 2.85. The Morgan fingerprint density at radius 2 is 1.73 bits per heavy atom. The molecule has 0 saturated carbocycles. The molecule has 0 fully saturated rings. The van der Waals surface area contributed by atoms with Crippen molar-refractivity contribution < 1.29 is 21.6 Å². The molecule has 0 bridgehead atoms. The van der Waals surface area contributed by atoms with Crippen LogP contribution in [-0.4, -0.2) is 13.9 Å². The summed E-state index contributed by atoms with van der Waals surface area (Å²) in [6.45, 7) is 2.00. The van der Waals surface area contributed by atoms with E-state index in [2.05, 4.69) is 0 Å². The fourth-order valence-corrected chi connectivity index (χ4v) is 1.25. The molecule has 2 nitrogen and oxygen atoms in total. The van der Waals surface area contributed by atoms with Crippen molar-refractivity contribution in [2.75, 3.05) is 0 Å². The normalized spacial score (nSPS) is 12.0. The summed E-state index contributed by atoms with van der Waals surface area (Å²) in [4.78, 5) is 0. The van der Waals surface area contributed by atoms with Crippen LogP contribution < -0.4 is 0 Å². The maximum atomic E-state index is 11.8. The summed E-state index contributed by atoms with van der Waals surface area (Å²) in [5.74, 6) is 2.03. The molecule has 0 heterocycles. The highest BCUT2D eigenvalue weighted by atomic mass is 32.2. The van der Waals surface area contributed by atoms with Gasteiger partial charge >= 0.3 is 15.3 Å². The zero-order valence-electron chi connectivity index (χ0n) is 8.39. The van der Waals surface area contributed by atoms with E-state index in [4.69, 9.17) is 0 Å². The molecule has 0 aliphatic carbocycles. The first-order chi connectivity index (χ1) is 6.81. The molecule has 15 heavy (non-hydrogen) atoms. The van der Waals surface area contributed by atoms with Gasteiger partial charge < -0.3 is 0 Å². The molecule has 0 N–H and O–H groups in total. The molecule has 0 aliphatic heterocycles. The van der Waals surface area contributed by atoms with Crippen LogP contribution in [0.2, 0.25) is 0 Å². The fourth-order valence-electron chi connectivity index (χ4n) is 0.844. The molecule has 0 aliphatic rings. The first kappa shape index (κ1) is 14.3. The van der Waals surface area contributed by atoms with E-state index in [0.717, 1.165) is 19.3 Å². The van der Waals surface area contributed by atoms with Crippen LogP contribution in [0.5, 0.6) is 0 Å². The van der Waals surface area contributed by atoms with Gasteiger partial charge in [0, 0.05) is 11.7 Å². The highest BCUT2D eigenvalue weighted by Gasteiger charge is 2.44. The SMILES string of the molecule is CCCCCCC#CS(=O)(=O)C(F)(F)F. The van der Waals surface area contributed by atoms with Crippen molar-refractivity contribution in [2.45, 2.75) is 44.5 Å². The Kier molecular flexibility index (Phi) is 5.73. The summed E-state index contributed by atoms with van der Waals surface area (Å²) >= 11 is 0. The number of sulfone groups is 1. The second-order valence-corrected chi connectivity index (χ2v) is 4.71. The van der Waals surface area contributed by atoms with Crippen molar-refractivity contribution in [3.63, 3.8) is 0 Å². The van der Waals surface area contributed by atoms with E-state index in [1.54, 1.807) is 0 Å². The van der Waals surface area contributed by atoms with Gasteiger partial charge in [0.1, 0.15) is 0 Å². The lowest BCUT2D eigenvalue weighted by atomic mass is 10.2. The minimum atomic E-state index is -5.26. The van der Waals surface area contributed by atoms with Crippen molar-refractivity contribution in [3.05, 3.63) is 0 Å². The summed E-state index contributed by atoms with van der Waals surface area (Å²) < 4.78 is 56.2. The Labute approximate surface area is 87.8 Å². The molecular formula is C9H13F3O2S. The van der Waals surface area contributed by atoms with Crippen LogP contribution in [0, 0.1) is 11.2 Å². The molecule has 0 aromatic heterocycles. The number of halogens is 3. The minimum absolute atomic E-state index is 0.190. The van der Waals surface area contributed by atoms with Crippen LogP contribution in [0.4, 0.5) is 13.2 Å². The summed E-state index contributed by atoms with van der Waals surface area (Å²) in [7, 11) is -5.25. The van der Waals surface area contributed by atoms with E-state index in [0.29, 0.717) is 6.42 Å². The van der Waals surface area contributed by atoms with Crippen molar-refractivity contribution in [2.24, 2.45) is 0 Å². The summed E-state index contributed by atoms with van der Waals surface area (Å²) in [5.41, 5.74) is -5.26. The van der Waals surface area contributed by atoms with E-state index in [1.165, 1.54) is 5.25 Å².